The number of carbonyl (C=O) groups excluding carboxylic acids is 1. The first kappa shape index (κ1) is 26.8. The van der Waals surface area contributed by atoms with E-state index in [9.17, 15) is 23.1 Å². The number of nitrogens with zero attached hydrogens (tertiary/aromatic N) is 4. The van der Waals surface area contributed by atoms with Gasteiger partial charge >= 0.3 is 6.18 Å². The minimum absolute atomic E-state index is 0.302. The zero-order valence-corrected chi connectivity index (χ0v) is 22.5. The topological polar surface area (TPSA) is 116 Å². The van der Waals surface area contributed by atoms with Crippen LogP contribution in [0.15, 0.2) is 82.4 Å². The molecule has 41 heavy (non-hydrogen) atoms. The minimum atomic E-state index is -4.93. The third-order valence-corrected chi connectivity index (χ3v) is 7.74. The SMILES string of the molecule is Cc1ncc(C23C=CC(=N2)C=c2ccc([nH]2)=CC2=NC(=CC4(CC(O)C(F)(F)F)NC(=C3)C(C)(C)C4=O)C=C2)cn1. The first-order chi connectivity index (χ1) is 19.3. The normalized spacial score (nSPS) is 26.9. The largest absolute Gasteiger partial charge is 0.414 e. The van der Waals surface area contributed by atoms with Gasteiger partial charge in [-0.15, -0.1) is 0 Å². The number of ketones is 1. The second-order valence-corrected chi connectivity index (χ2v) is 11.2. The number of fused-ring (bicyclic) bond motifs is 6. The van der Waals surface area contributed by atoms with Crippen molar-refractivity contribution in [1.82, 2.24) is 20.3 Å². The molecule has 6 heterocycles. The maximum atomic E-state index is 14.1. The van der Waals surface area contributed by atoms with Crippen LogP contribution in [0, 0.1) is 12.3 Å². The molecule has 3 N–H and O–H groups in total. The van der Waals surface area contributed by atoms with Gasteiger partial charge in [-0.05, 0) is 81.5 Å². The Balaban J connectivity index is 1.62. The number of carbonyl (C=O) groups is 1. The molecule has 4 aliphatic heterocycles. The van der Waals surface area contributed by atoms with Crippen LogP contribution in [0.3, 0.4) is 0 Å². The van der Waals surface area contributed by atoms with Gasteiger partial charge in [-0.2, -0.15) is 13.2 Å². The summed E-state index contributed by atoms with van der Waals surface area (Å²) in [7, 11) is 0. The molecule has 3 unspecified atom stereocenters. The predicted molar refractivity (Wildman–Crippen MR) is 148 cm³/mol. The molecule has 0 spiro atoms. The number of aryl methyl sites for hydroxylation is 1. The standard InChI is InChI=1S/C30H27F3N6O2/c1-17-34-15-18(16-35-17)28-9-8-22(38-28)11-21-5-4-19(36-21)10-20-6-7-23(37-20)12-29(14-25(40)30(31,32)33)26(41)27(2,3)24(13-28)39-29/h4-13,15-16,25,36,39-40H,14H2,1-3H3. The molecule has 0 aliphatic carbocycles. The fraction of sp³-hybridized carbons (Fsp3) is 0.300. The first-order valence-electron chi connectivity index (χ1n) is 13.1. The van der Waals surface area contributed by atoms with Crippen LogP contribution in [0.2, 0.25) is 0 Å². The highest BCUT2D eigenvalue weighted by molar-refractivity contribution is 6.20. The number of aromatic nitrogens is 3. The van der Waals surface area contributed by atoms with Crippen molar-refractivity contribution in [3.8, 4) is 0 Å². The van der Waals surface area contributed by atoms with Crippen LogP contribution in [0.1, 0.15) is 31.7 Å². The minimum Gasteiger partial charge on any atom is -0.384 e. The van der Waals surface area contributed by atoms with Gasteiger partial charge in [0.05, 0.1) is 22.5 Å². The molecule has 3 atom stereocenters. The molecule has 0 amide bonds. The van der Waals surface area contributed by atoms with Gasteiger partial charge in [-0.1, -0.05) is 0 Å². The molecule has 0 saturated carbocycles. The number of H-pyrrole nitrogens is 1. The van der Waals surface area contributed by atoms with E-state index in [2.05, 4.69) is 25.3 Å². The zero-order chi connectivity index (χ0) is 29.2. The van der Waals surface area contributed by atoms with E-state index in [0.29, 0.717) is 34.2 Å². The molecule has 0 radical (unpaired) electrons. The number of aliphatic hydroxyl groups excluding tert-OH is 1. The summed E-state index contributed by atoms with van der Waals surface area (Å²) >= 11 is 0. The van der Waals surface area contributed by atoms with Crippen LogP contribution < -0.4 is 16.0 Å². The van der Waals surface area contributed by atoms with Crippen molar-refractivity contribution in [3.63, 3.8) is 0 Å². The molecule has 0 aromatic carbocycles. The van der Waals surface area contributed by atoms with Crippen LogP contribution in [-0.2, 0) is 10.3 Å². The third-order valence-electron chi connectivity index (χ3n) is 7.74. The zero-order valence-electron chi connectivity index (χ0n) is 22.5. The highest BCUT2D eigenvalue weighted by atomic mass is 19.4. The summed E-state index contributed by atoms with van der Waals surface area (Å²) in [6.45, 7) is 5.04. The van der Waals surface area contributed by atoms with E-state index >= 15 is 0 Å². The van der Waals surface area contributed by atoms with Crippen molar-refractivity contribution >= 4 is 29.4 Å². The number of aromatic amines is 1. The summed E-state index contributed by atoms with van der Waals surface area (Å²) in [4.78, 5) is 35.6. The first-order valence-corrected chi connectivity index (χ1v) is 13.1. The molecular formula is C30H27F3N6O2. The van der Waals surface area contributed by atoms with Crippen molar-refractivity contribution in [1.29, 1.82) is 0 Å². The van der Waals surface area contributed by atoms with E-state index in [1.807, 2.05) is 30.4 Å². The van der Waals surface area contributed by atoms with Gasteiger partial charge < -0.3 is 15.4 Å². The Bertz CT molecular complexity index is 1760. The molecule has 1 fully saturated rings. The molecule has 8 bridgehead atoms. The summed E-state index contributed by atoms with van der Waals surface area (Å²) in [5.74, 6) is 0.0313. The van der Waals surface area contributed by atoms with Crippen LogP contribution in [0.25, 0.3) is 12.2 Å². The molecular weight excluding hydrogens is 533 g/mol. The predicted octanol–water partition coefficient (Wildman–Crippen LogP) is 2.62. The number of hydrogen-bond donors (Lipinski definition) is 3. The summed E-state index contributed by atoms with van der Waals surface area (Å²) in [5, 5.41) is 14.8. The maximum Gasteiger partial charge on any atom is 0.414 e. The second kappa shape index (κ2) is 9.07. The second-order valence-electron chi connectivity index (χ2n) is 11.2. The van der Waals surface area contributed by atoms with Crippen LogP contribution >= 0.6 is 0 Å². The lowest BCUT2D eigenvalue weighted by molar-refractivity contribution is -0.208. The van der Waals surface area contributed by atoms with E-state index in [1.165, 1.54) is 6.08 Å². The Labute approximate surface area is 233 Å². The highest BCUT2D eigenvalue weighted by Gasteiger charge is 2.57. The van der Waals surface area contributed by atoms with E-state index in [-0.39, 0.29) is 0 Å². The number of aliphatic imine (C=N–C) groups is 2. The fourth-order valence-electron chi connectivity index (χ4n) is 5.52. The molecule has 2 aromatic heterocycles. The fourth-order valence-corrected chi connectivity index (χ4v) is 5.52. The number of allylic oxidation sites excluding steroid dienone is 4. The van der Waals surface area contributed by atoms with Gasteiger partial charge in [-0.25, -0.2) is 15.0 Å². The van der Waals surface area contributed by atoms with Gasteiger partial charge in [0.1, 0.15) is 16.9 Å². The Morgan fingerprint density at radius 3 is 2.37 bits per heavy atom. The van der Waals surface area contributed by atoms with Crippen molar-refractivity contribution < 1.29 is 23.1 Å². The molecule has 11 heteroatoms. The Kier molecular flexibility index (Phi) is 5.93. The van der Waals surface area contributed by atoms with Gasteiger partial charge in [0.2, 0.25) is 0 Å². The number of aliphatic hydroxyl groups is 1. The van der Waals surface area contributed by atoms with Crippen LogP contribution in [-0.4, -0.2) is 55.1 Å². The van der Waals surface area contributed by atoms with E-state index in [4.69, 9.17) is 4.99 Å². The highest BCUT2D eigenvalue weighted by Crippen LogP contribution is 2.46. The smallest absolute Gasteiger partial charge is 0.384 e. The summed E-state index contributed by atoms with van der Waals surface area (Å²) < 4.78 is 40.9. The molecule has 1 saturated heterocycles. The van der Waals surface area contributed by atoms with Gasteiger partial charge in [0, 0.05) is 40.8 Å². The molecule has 6 rings (SSSR count). The van der Waals surface area contributed by atoms with Crippen LogP contribution in [0.4, 0.5) is 13.2 Å². The van der Waals surface area contributed by atoms with E-state index in [1.54, 1.807) is 57.5 Å². The number of rotatable bonds is 3. The number of hydrogen-bond acceptors (Lipinski definition) is 7. The summed E-state index contributed by atoms with van der Waals surface area (Å²) in [6.07, 6.45) is 8.47. The summed E-state index contributed by atoms with van der Waals surface area (Å²) in [5.41, 5.74) is -1.86. The van der Waals surface area contributed by atoms with Crippen molar-refractivity contribution in [3.05, 3.63) is 94.5 Å². The lowest BCUT2D eigenvalue weighted by Crippen LogP contribution is -2.50. The van der Waals surface area contributed by atoms with E-state index in [0.717, 1.165) is 10.7 Å². The molecule has 4 aliphatic rings. The van der Waals surface area contributed by atoms with Gasteiger partial charge in [0.15, 0.2) is 11.9 Å². The lowest BCUT2D eigenvalue weighted by Gasteiger charge is -2.29. The molecule has 8 nitrogen and oxygen atoms in total. The third kappa shape index (κ3) is 4.69. The lowest BCUT2D eigenvalue weighted by atomic mass is 9.76. The average molecular weight is 561 g/mol. The monoisotopic (exact) mass is 560 g/mol. The van der Waals surface area contributed by atoms with Gasteiger partial charge in [-0.3, -0.25) is 9.79 Å². The van der Waals surface area contributed by atoms with Gasteiger partial charge in [0.25, 0.3) is 0 Å². The molecule has 210 valence electrons. The van der Waals surface area contributed by atoms with Crippen molar-refractivity contribution in [2.45, 2.75) is 50.6 Å². The number of alkyl halides is 3. The van der Waals surface area contributed by atoms with E-state index < -0.39 is 41.0 Å². The van der Waals surface area contributed by atoms with Crippen molar-refractivity contribution in [2.75, 3.05) is 0 Å². The Hall–Kier alpha value is -4.38. The summed E-state index contributed by atoms with van der Waals surface area (Å²) in [6, 6.07) is 3.78. The number of Topliss-reactive ketones (excluding diaryl/α,β-unsaturated/α-hetero) is 1. The van der Waals surface area contributed by atoms with Crippen LogP contribution in [0.5, 0.6) is 0 Å². The van der Waals surface area contributed by atoms with Crippen molar-refractivity contribution in [2.24, 2.45) is 15.4 Å². The maximum absolute atomic E-state index is 14.1. The molecule has 2 aromatic rings. The Morgan fingerprint density at radius 2 is 1.68 bits per heavy atom. The number of nitrogens with one attached hydrogen (secondary N) is 2. The average Bonchev–Trinajstić information content (AvgIpc) is 3.66. The Morgan fingerprint density at radius 1 is 1.00 bits per heavy atom. The number of halogens is 3. The quantitative estimate of drug-likeness (QED) is 0.534.